The minimum Gasteiger partial charge on any atom is -0.307 e. The van der Waals surface area contributed by atoms with Gasteiger partial charge in [0.1, 0.15) is 0 Å². The lowest BCUT2D eigenvalue weighted by atomic mass is 9.92. The second kappa shape index (κ2) is 7.09. The van der Waals surface area contributed by atoms with Crippen LogP contribution in [0.25, 0.3) is 0 Å². The first-order valence-electron chi connectivity index (χ1n) is 7.74. The van der Waals surface area contributed by atoms with E-state index < -0.39 is 0 Å². The summed E-state index contributed by atoms with van der Waals surface area (Å²) in [5.74, 6) is 0.773. The van der Waals surface area contributed by atoms with E-state index in [0.717, 1.165) is 5.92 Å². The van der Waals surface area contributed by atoms with Crippen LogP contribution < -0.4 is 5.32 Å². The summed E-state index contributed by atoms with van der Waals surface area (Å²) < 4.78 is 0. The topological polar surface area (TPSA) is 12.0 Å². The minimum atomic E-state index is 0.426. The van der Waals surface area contributed by atoms with E-state index >= 15 is 0 Å². The molecule has 0 saturated heterocycles. The van der Waals surface area contributed by atoms with Crippen LogP contribution in [0.2, 0.25) is 0 Å². The van der Waals surface area contributed by atoms with Crippen LogP contribution in [0.5, 0.6) is 0 Å². The van der Waals surface area contributed by atoms with Crippen molar-refractivity contribution in [1.82, 2.24) is 5.32 Å². The Morgan fingerprint density at radius 1 is 0.895 bits per heavy atom. The zero-order chi connectivity index (χ0) is 14.6. The van der Waals surface area contributed by atoms with Crippen molar-refractivity contribution in [3.05, 3.63) is 34.4 Å². The molecular formula is C18H31N. The fraction of sp³-hybridized carbons (Fsp3) is 0.667. The first-order valence-corrected chi connectivity index (χ1v) is 7.74. The Bertz CT molecular complexity index is 404. The van der Waals surface area contributed by atoms with Crippen LogP contribution >= 0.6 is 0 Å². The van der Waals surface area contributed by atoms with E-state index in [2.05, 4.69) is 65.9 Å². The van der Waals surface area contributed by atoms with Crippen LogP contribution in [0.1, 0.15) is 68.8 Å². The third-order valence-electron chi connectivity index (χ3n) is 4.62. The lowest BCUT2D eigenvalue weighted by Crippen LogP contribution is -2.35. The summed E-state index contributed by atoms with van der Waals surface area (Å²) in [6, 6.07) is 5.66. The molecule has 0 bridgehead atoms. The molecule has 1 heteroatoms. The Hall–Kier alpha value is -0.820. The first-order chi connectivity index (χ1) is 8.90. The summed E-state index contributed by atoms with van der Waals surface area (Å²) in [7, 11) is 0. The summed E-state index contributed by atoms with van der Waals surface area (Å²) in [6.07, 6.45) is 2.51. The smallest absolute Gasteiger partial charge is 0.0297 e. The van der Waals surface area contributed by atoms with Crippen molar-refractivity contribution in [3.8, 4) is 0 Å². The van der Waals surface area contributed by atoms with Gasteiger partial charge in [0.15, 0.2) is 0 Å². The van der Waals surface area contributed by atoms with Crippen molar-refractivity contribution >= 4 is 0 Å². The Balaban J connectivity index is 2.83. The summed E-state index contributed by atoms with van der Waals surface area (Å²) in [6.45, 7) is 15.8. The molecule has 2 atom stereocenters. The molecule has 19 heavy (non-hydrogen) atoms. The first kappa shape index (κ1) is 16.2. The number of nitrogens with one attached hydrogen (secondary N) is 1. The van der Waals surface area contributed by atoms with Gasteiger partial charge in [0.05, 0.1) is 0 Å². The van der Waals surface area contributed by atoms with Gasteiger partial charge in [-0.15, -0.1) is 0 Å². The number of hydrogen-bond acceptors (Lipinski definition) is 1. The molecule has 108 valence electrons. The van der Waals surface area contributed by atoms with Crippen LogP contribution in [0.4, 0.5) is 0 Å². The van der Waals surface area contributed by atoms with E-state index in [9.17, 15) is 0 Å². The molecule has 1 aromatic rings. The number of aryl methyl sites for hydroxylation is 3. The van der Waals surface area contributed by atoms with Crippen molar-refractivity contribution in [1.29, 1.82) is 0 Å². The van der Waals surface area contributed by atoms with Crippen molar-refractivity contribution in [2.45, 2.75) is 73.4 Å². The molecular weight excluding hydrogens is 230 g/mol. The van der Waals surface area contributed by atoms with Crippen LogP contribution in [-0.4, -0.2) is 6.04 Å². The molecule has 1 aromatic carbocycles. The van der Waals surface area contributed by atoms with Crippen LogP contribution in [0, 0.1) is 26.7 Å². The molecule has 0 fully saturated rings. The normalized spacial score (nSPS) is 14.7. The van der Waals surface area contributed by atoms with Gasteiger partial charge in [-0.2, -0.15) is 0 Å². The molecule has 0 heterocycles. The van der Waals surface area contributed by atoms with E-state index in [1.165, 1.54) is 35.1 Å². The highest BCUT2D eigenvalue weighted by Crippen LogP contribution is 2.23. The lowest BCUT2D eigenvalue weighted by molar-refractivity contribution is 0.330. The van der Waals surface area contributed by atoms with E-state index in [1.807, 2.05) is 0 Å². The summed E-state index contributed by atoms with van der Waals surface area (Å²) >= 11 is 0. The third-order valence-corrected chi connectivity index (χ3v) is 4.62. The molecule has 0 aliphatic carbocycles. The number of hydrogen-bond donors (Lipinski definition) is 1. The Morgan fingerprint density at radius 2 is 1.42 bits per heavy atom. The fourth-order valence-corrected chi connectivity index (χ4v) is 3.07. The van der Waals surface area contributed by atoms with Crippen molar-refractivity contribution in [2.75, 3.05) is 0 Å². The van der Waals surface area contributed by atoms with Crippen molar-refractivity contribution in [3.63, 3.8) is 0 Å². The molecule has 0 radical (unpaired) electrons. The summed E-state index contributed by atoms with van der Waals surface area (Å²) in [5, 5.41) is 3.79. The van der Waals surface area contributed by atoms with E-state index in [0.29, 0.717) is 12.1 Å². The van der Waals surface area contributed by atoms with Gasteiger partial charge in [0, 0.05) is 12.1 Å². The summed E-state index contributed by atoms with van der Waals surface area (Å²) in [4.78, 5) is 0. The molecule has 0 amide bonds. The van der Waals surface area contributed by atoms with E-state index in [-0.39, 0.29) is 0 Å². The van der Waals surface area contributed by atoms with Crippen LogP contribution in [0.3, 0.4) is 0 Å². The molecule has 0 spiro atoms. The SMILES string of the molecule is CCC(CC)C(C)NC(C)c1cc(C)c(C)cc1C. The van der Waals surface area contributed by atoms with Gasteiger partial charge in [-0.3, -0.25) is 0 Å². The standard InChI is InChI=1S/C18H31N/c1-8-17(9-2)15(6)19-16(7)18-11-13(4)12(3)10-14(18)5/h10-11,15-17,19H,8-9H2,1-7H3. The molecule has 0 aliphatic heterocycles. The van der Waals surface area contributed by atoms with E-state index in [1.54, 1.807) is 0 Å². The molecule has 1 N–H and O–H groups in total. The second-order valence-electron chi connectivity index (χ2n) is 6.05. The van der Waals surface area contributed by atoms with Gasteiger partial charge in [0.25, 0.3) is 0 Å². The second-order valence-corrected chi connectivity index (χ2v) is 6.05. The maximum Gasteiger partial charge on any atom is 0.0297 e. The van der Waals surface area contributed by atoms with Crippen LogP contribution in [0.15, 0.2) is 12.1 Å². The minimum absolute atomic E-state index is 0.426. The molecule has 1 rings (SSSR count). The van der Waals surface area contributed by atoms with Gasteiger partial charge >= 0.3 is 0 Å². The van der Waals surface area contributed by atoms with Crippen molar-refractivity contribution < 1.29 is 0 Å². The summed E-state index contributed by atoms with van der Waals surface area (Å²) in [5.41, 5.74) is 5.63. The average Bonchev–Trinajstić information content (AvgIpc) is 2.35. The molecule has 0 aliphatic rings. The lowest BCUT2D eigenvalue weighted by Gasteiger charge is -2.27. The molecule has 0 aromatic heterocycles. The van der Waals surface area contributed by atoms with Gasteiger partial charge in [0.2, 0.25) is 0 Å². The molecule has 1 nitrogen and oxygen atoms in total. The highest BCUT2D eigenvalue weighted by atomic mass is 14.9. The zero-order valence-electron chi connectivity index (χ0n) is 13.8. The van der Waals surface area contributed by atoms with Gasteiger partial charge in [-0.25, -0.2) is 0 Å². The Morgan fingerprint density at radius 3 is 1.95 bits per heavy atom. The van der Waals surface area contributed by atoms with E-state index in [4.69, 9.17) is 0 Å². The zero-order valence-corrected chi connectivity index (χ0v) is 13.8. The third kappa shape index (κ3) is 4.07. The predicted octanol–water partition coefficient (Wildman–Crippen LogP) is 5.09. The van der Waals surface area contributed by atoms with Gasteiger partial charge in [-0.05, 0) is 62.8 Å². The highest BCUT2D eigenvalue weighted by molar-refractivity contribution is 5.38. The quantitative estimate of drug-likeness (QED) is 0.752. The monoisotopic (exact) mass is 261 g/mol. The largest absolute Gasteiger partial charge is 0.307 e. The van der Waals surface area contributed by atoms with Gasteiger partial charge in [-0.1, -0.05) is 38.8 Å². The van der Waals surface area contributed by atoms with Crippen molar-refractivity contribution in [2.24, 2.45) is 5.92 Å². The average molecular weight is 261 g/mol. The Labute approximate surface area is 119 Å². The molecule has 2 unspecified atom stereocenters. The number of rotatable bonds is 6. The van der Waals surface area contributed by atoms with Gasteiger partial charge < -0.3 is 5.32 Å². The Kier molecular flexibility index (Phi) is 6.06. The maximum absolute atomic E-state index is 3.79. The number of benzene rings is 1. The predicted molar refractivity (Wildman–Crippen MR) is 85.7 cm³/mol. The maximum atomic E-state index is 3.79. The highest BCUT2D eigenvalue weighted by Gasteiger charge is 2.17. The fourth-order valence-electron chi connectivity index (χ4n) is 3.07. The molecule has 0 saturated carbocycles. The van der Waals surface area contributed by atoms with Crippen LogP contribution in [-0.2, 0) is 0 Å².